The van der Waals surface area contributed by atoms with Crippen LogP contribution in [0.1, 0.15) is 61.9 Å². The predicted molar refractivity (Wildman–Crippen MR) is 73.1 cm³/mol. The molecule has 2 nitrogen and oxygen atoms in total. The van der Waals surface area contributed by atoms with Crippen LogP contribution in [0, 0.1) is 0 Å². The topological polar surface area (TPSA) is 26.3 Å². The lowest BCUT2D eigenvalue weighted by Gasteiger charge is -2.21. The number of ketones is 1. The molecule has 98 valence electrons. The van der Waals surface area contributed by atoms with Gasteiger partial charge in [-0.2, -0.15) is 0 Å². The van der Waals surface area contributed by atoms with Gasteiger partial charge < -0.3 is 4.74 Å². The van der Waals surface area contributed by atoms with Gasteiger partial charge in [-0.15, -0.1) is 0 Å². The molecule has 0 radical (unpaired) electrons. The number of carbonyl (C=O) groups is 1. The fourth-order valence-corrected chi connectivity index (χ4v) is 2.46. The van der Waals surface area contributed by atoms with Gasteiger partial charge in [0.25, 0.3) is 0 Å². The molecule has 1 fully saturated rings. The molecular formula is C16H22O2. The van der Waals surface area contributed by atoms with Gasteiger partial charge in [-0.25, -0.2) is 0 Å². The number of Topliss-reactive ketones (excluding diaryl/α,β-unsaturated/α-hetero) is 1. The van der Waals surface area contributed by atoms with Crippen LogP contribution >= 0.6 is 0 Å². The molecule has 0 amide bonds. The van der Waals surface area contributed by atoms with Crippen molar-refractivity contribution in [2.75, 3.05) is 6.61 Å². The van der Waals surface area contributed by atoms with E-state index in [1.54, 1.807) is 0 Å². The van der Waals surface area contributed by atoms with Crippen molar-refractivity contribution in [3.63, 3.8) is 0 Å². The molecule has 0 spiro atoms. The molecule has 0 bridgehead atoms. The Kier molecular flexibility index (Phi) is 3.86. The highest BCUT2D eigenvalue weighted by Gasteiger charge is 2.37. The van der Waals surface area contributed by atoms with E-state index in [2.05, 4.69) is 26.0 Å². The maximum Gasteiger partial charge on any atom is 0.194 e. The lowest BCUT2D eigenvalue weighted by Crippen LogP contribution is -2.34. The summed E-state index contributed by atoms with van der Waals surface area (Å²) in [6, 6.07) is 8.02. The molecule has 2 unspecified atom stereocenters. The molecule has 0 aromatic heterocycles. The number of ether oxygens (including phenoxy) is 1. The number of rotatable bonds is 4. The third-order valence-corrected chi connectivity index (χ3v) is 4.05. The number of benzene rings is 1. The Labute approximate surface area is 109 Å². The van der Waals surface area contributed by atoms with Gasteiger partial charge in [0, 0.05) is 12.2 Å². The molecule has 0 aliphatic carbocycles. The maximum atomic E-state index is 12.4. The third-order valence-electron chi connectivity index (χ3n) is 4.05. The Bertz CT molecular complexity index is 413. The monoisotopic (exact) mass is 246 g/mol. The van der Waals surface area contributed by atoms with E-state index in [-0.39, 0.29) is 5.78 Å². The third kappa shape index (κ3) is 2.49. The molecule has 2 rings (SSSR count). The molecule has 1 aromatic rings. The quantitative estimate of drug-likeness (QED) is 0.752. The van der Waals surface area contributed by atoms with Crippen LogP contribution in [0.2, 0.25) is 0 Å². The second-order valence-corrected chi connectivity index (χ2v) is 5.44. The lowest BCUT2D eigenvalue weighted by molar-refractivity contribution is 0.0213. The van der Waals surface area contributed by atoms with E-state index in [4.69, 9.17) is 4.74 Å². The average molecular weight is 246 g/mol. The highest BCUT2D eigenvalue weighted by molar-refractivity contribution is 6.02. The first-order valence-corrected chi connectivity index (χ1v) is 6.85. The molecule has 18 heavy (non-hydrogen) atoms. The van der Waals surface area contributed by atoms with E-state index in [0.717, 1.165) is 24.8 Å². The Morgan fingerprint density at radius 2 is 2.06 bits per heavy atom. The van der Waals surface area contributed by atoms with Crippen LogP contribution in [-0.4, -0.2) is 18.0 Å². The van der Waals surface area contributed by atoms with E-state index >= 15 is 0 Å². The van der Waals surface area contributed by atoms with Gasteiger partial charge in [0.1, 0.15) is 5.60 Å². The lowest BCUT2D eigenvalue weighted by atomic mass is 9.90. The summed E-state index contributed by atoms with van der Waals surface area (Å²) in [5, 5.41) is 0. The number of hydrogen-bond acceptors (Lipinski definition) is 2. The van der Waals surface area contributed by atoms with Crippen molar-refractivity contribution in [2.24, 2.45) is 0 Å². The van der Waals surface area contributed by atoms with Gasteiger partial charge in [0.2, 0.25) is 0 Å². The largest absolute Gasteiger partial charge is 0.367 e. The predicted octanol–water partition coefficient (Wildman–Crippen LogP) is 3.95. The SMILES string of the molecule is CCC(C)c1ccc(C(=O)C2(C)CCCO2)cc1. The van der Waals surface area contributed by atoms with Crippen LogP contribution in [-0.2, 0) is 4.74 Å². The molecule has 1 heterocycles. The minimum atomic E-state index is -0.599. The van der Waals surface area contributed by atoms with Crippen molar-refractivity contribution >= 4 is 5.78 Å². The van der Waals surface area contributed by atoms with Crippen molar-refractivity contribution in [1.29, 1.82) is 0 Å². The Balaban J connectivity index is 2.17. The van der Waals surface area contributed by atoms with Gasteiger partial charge in [-0.05, 0) is 37.7 Å². The second-order valence-electron chi connectivity index (χ2n) is 5.44. The zero-order valence-corrected chi connectivity index (χ0v) is 11.5. The van der Waals surface area contributed by atoms with Gasteiger partial charge in [0.05, 0.1) is 0 Å². The van der Waals surface area contributed by atoms with Crippen LogP contribution in [0.5, 0.6) is 0 Å². The Morgan fingerprint density at radius 3 is 2.56 bits per heavy atom. The first-order valence-electron chi connectivity index (χ1n) is 6.85. The zero-order valence-electron chi connectivity index (χ0n) is 11.5. The minimum absolute atomic E-state index is 0.121. The van der Waals surface area contributed by atoms with E-state index in [9.17, 15) is 4.79 Å². The number of carbonyl (C=O) groups excluding carboxylic acids is 1. The van der Waals surface area contributed by atoms with Crippen LogP contribution < -0.4 is 0 Å². The zero-order chi connectivity index (χ0) is 13.2. The summed E-state index contributed by atoms with van der Waals surface area (Å²) in [6.07, 6.45) is 2.93. The van der Waals surface area contributed by atoms with Crippen LogP contribution in [0.3, 0.4) is 0 Å². The van der Waals surface area contributed by atoms with Crippen molar-refractivity contribution in [3.05, 3.63) is 35.4 Å². The first-order chi connectivity index (χ1) is 8.57. The van der Waals surface area contributed by atoms with Gasteiger partial charge in [-0.1, -0.05) is 38.1 Å². The molecule has 1 saturated heterocycles. The summed E-state index contributed by atoms with van der Waals surface area (Å²) < 4.78 is 5.61. The maximum absolute atomic E-state index is 12.4. The molecule has 1 aliphatic rings. The van der Waals surface area contributed by atoms with Crippen LogP contribution in [0.4, 0.5) is 0 Å². The summed E-state index contributed by atoms with van der Waals surface area (Å²) in [4.78, 5) is 12.4. The summed E-state index contributed by atoms with van der Waals surface area (Å²) in [5.74, 6) is 0.670. The van der Waals surface area contributed by atoms with Crippen LogP contribution in [0.15, 0.2) is 24.3 Å². The fourth-order valence-electron chi connectivity index (χ4n) is 2.46. The Hall–Kier alpha value is -1.15. The molecule has 2 heteroatoms. The highest BCUT2D eigenvalue weighted by Crippen LogP contribution is 2.29. The van der Waals surface area contributed by atoms with E-state index < -0.39 is 5.60 Å². The van der Waals surface area contributed by atoms with Crippen molar-refractivity contribution in [1.82, 2.24) is 0 Å². The summed E-state index contributed by atoms with van der Waals surface area (Å²) in [5.41, 5.74) is 1.47. The van der Waals surface area contributed by atoms with E-state index in [1.807, 2.05) is 19.1 Å². The molecule has 2 atom stereocenters. The molecular weight excluding hydrogens is 224 g/mol. The molecule has 1 aliphatic heterocycles. The van der Waals surface area contributed by atoms with Gasteiger partial charge in [0.15, 0.2) is 5.78 Å². The number of hydrogen-bond donors (Lipinski definition) is 0. The van der Waals surface area contributed by atoms with Gasteiger partial charge >= 0.3 is 0 Å². The molecule has 0 saturated carbocycles. The second kappa shape index (κ2) is 5.23. The standard InChI is InChI=1S/C16H22O2/c1-4-12(2)13-6-8-14(9-7-13)15(17)16(3)10-5-11-18-16/h6-9,12H,4-5,10-11H2,1-3H3. The first kappa shape index (κ1) is 13.3. The Morgan fingerprint density at radius 1 is 1.39 bits per heavy atom. The summed E-state index contributed by atoms with van der Waals surface area (Å²) in [6.45, 7) is 6.99. The minimum Gasteiger partial charge on any atom is -0.367 e. The summed E-state index contributed by atoms with van der Waals surface area (Å²) >= 11 is 0. The average Bonchev–Trinajstić information content (AvgIpc) is 2.85. The van der Waals surface area contributed by atoms with Crippen molar-refractivity contribution in [3.8, 4) is 0 Å². The van der Waals surface area contributed by atoms with Crippen LogP contribution in [0.25, 0.3) is 0 Å². The normalized spacial score (nSPS) is 25.1. The smallest absolute Gasteiger partial charge is 0.194 e. The molecule has 0 N–H and O–H groups in total. The van der Waals surface area contributed by atoms with Gasteiger partial charge in [-0.3, -0.25) is 4.79 Å². The van der Waals surface area contributed by atoms with E-state index in [1.165, 1.54) is 5.56 Å². The van der Waals surface area contributed by atoms with Crippen molar-refractivity contribution < 1.29 is 9.53 Å². The molecule has 1 aromatic carbocycles. The summed E-state index contributed by atoms with van der Waals surface area (Å²) in [7, 11) is 0. The van der Waals surface area contributed by atoms with E-state index in [0.29, 0.717) is 12.5 Å². The highest BCUT2D eigenvalue weighted by atomic mass is 16.5. The fraction of sp³-hybridized carbons (Fsp3) is 0.562. The van der Waals surface area contributed by atoms with Crippen molar-refractivity contribution in [2.45, 2.75) is 51.6 Å².